The Morgan fingerprint density at radius 1 is 1.00 bits per heavy atom. The molecule has 1 N–H and O–H groups in total. The Morgan fingerprint density at radius 3 is 2.67 bits per heavy atom. The molecule has 2 aliphatic carbocycles. The monoisotopic (exact) mass is 460 g/mol. The molecule has 6 heteroatoms. The minimum Gasteiger partial charge on any atom is -0.356 e. The van der Waals surface area contributed by atoms with Gasteiger partial charge in [-0.2, -0.15) is 4.37 Å². The van der Waals surface area contributed by atoms with E-state index in [0.717, 1.165) is 63.7 Å². The standard InChI is InChI=1S/C27H32N4OS/c32-27(21-10-9-19-5-1-2-6-20(19)15-21)28-17-22-16-23(22)18-30-11-13-31(14-12-30)26-24-7-3-4-8-25(24)33-29-26/h1-8,21-23H,9-18H2,(H,28,32)/t21?,22-,23-/m1/s1. The first-order valence-electron chi connectivity index (χ1n) is 12.4. The highest BCUT2D eigenvalue weighted by molar-refractivity contribution is 7.13. The summed E-state index contributed by atoms with van der Waals surface area (Å²) in [6, 6.07) is 17.1. The lowest BCUT2D eigenvalue weighted by atomic mass is 9.83. The Labute approximate surface area is 199 Å². The number of carbonyl (C=O) groups excluding carboxylic acids is 1. The van der Waals surface area contributed by atoms with Crippen LogP contribution in [0.25, 0.3) is 10.1 Å². The van der Waals surface area contributed by atoms with Crippen molar-refractivity contribution in [3.05, 3.63) is 59.7 Å². The summed E-state index contributed by atoms with van der Waals surface area (Å²) in [6.07, 6.45) is 4.16. The highest BCUT2D eigenvalue weighted by Crippen LogP contribution is 2.39. The third kappa shape index (κ3) is 4.51. The number of aromatic nitrogens is 1. The van der Waals surface area contributed by atoms with Crippen LogP contribution < -0.4 is 10.2 Å². The van der Waals surface area contributed by atoms with Crippen molar-refractivity contribution in [3.8, 4) is 0 Å². The zero-order valence-corrected chi connectivity index (χ0v) is 19.9. The van der Waals surface area contributed by atoms with E-state index in [-0.39, 0.29) is 11.8 Å². The SMILES string of the molecule is O=C(NC[C@H]1C[C@@H]1CN1CCN(c2nsc3ccccc23)CC1)C1CCc2ccccc2C1. The van der Waals surface area contributed by atoms with E-state index in [4.69, 9.17) is 4.37 Å². The highest BCUT2D eigenvalue weighted by atomic mass is 32.1. The van der Waals surface area contributed by atoms with E-state index in [2.05, 4.69) is 63.6 Å². The molecule has 5 nitrogen and oxygen atoms in total. The normalized spacial score (nSPS) is 25.1. The van der Waals surface area contributed by atoms with Crippen LogP contribution in [0.15, 0.2) is 48.5 Å². The van der Waals surface area contributed by atoms with Gasteiger partial charge in [0.25, 0.3) is 0 Å². The number of carbonyl (C=O) groups is 1. The average Bonchev–Trinajstić information content (AvgIpc) is 3.46. The summed E-state index contributed by atoms with van der Waals surface area (Å²) in [5.74, 6) is 2.97. The van der Waals surface area contributed by atoms with Gasteiger partial charge in [-0.15, -0.1) is 0 Å². The molecule has 2 fully saturated rings. The maximum Gasteiger partial charge on any atom is 0.223 e. The lowest BCUT2D eigenvalue weighted by Crippen LogP contribution is -2.47. The average molecular weight is 461 g/mol. The van der Waals surface area contributed by atoms with Crippen LogP contribution in [0.2, 0.25) is 0 Å². The summed E-state index contributed by atoms with van der Waals surface area (Å²) < 4.78 is 6.00. The third-order valence-corrected chi connectivity index (χ3v) is 8.67. The van der Waals surface area contributed by atoms with Gasteiger partial charge in [-0.3, -0.25) is 9.69 Å². The number of hydrogen-bond acceptors (Lipinski definition) is 5. The first kappa shape index (κ1) is 21.1. The van der Waals surface area contributed by atoms with Crippen LogP contribution in [-0.4, -0.2) is 54.4 Å². The van der Waals surface area contributed by atoms with Gasteiger partial charge in [0.15, 0.2) is 0 Å². The molecule has 0 bridgehead atoms. The molecule has 3 atom stereocenters. The molecule has 1 aromatic heterocycles. The lowest BCUT2D eigenvalue weighted by molar-refractivity contribution is -0.125. The topological polar surface area (TPSA) is 48.5 Å². The molecule has 2 heterocycles. The van der Waals surface area contributed by atoms with E-state index >= 15 is 0 Å². The molecule has 1 saturated heterocycles. The fourth-order valence-electron chi connectivity index (χ4n) is 5.66. The van der Waals surface area contributed by atoms with Crippen molar-refractivity contribution in [2.24, 2.45) is 17.8 Å². The summed E-state index contributed by atoms with van der Waals surface area (Å²) >= 11 is 1.60. The van der Waals surface area contributed by atoms with E-state index < -0.39 is 0 Å². The molecule has 172 valence electrons. The van der Waals surface area contributed by atoms with Crippen molar-refractivity contribution in [2.75, 3.05) is 44.2 Å². The largest absolute Gasteiger partial charge is 0.356 e. The van der Waals surface area contributed by atoms with E-state index in [1.807, 2.05) is 0 Å². The van der Waals surface area contributed by atoms with Gasteiger partial charge in [-0.1, -0.05) is 36.4 Å². The Morgan fingerprint density at radius 2 is 1.79 bits per heavy atom. The first-order valence-corrected chi connectivity index (χ1v) is 13.2. The maximum absolute atomic E-state index is 12.7. The third-order valence-electron chi connectivity index (χ3n) is 7.85. The minimum atomic E-state index is 0.145. The smallest absolute Gasteiger partial charge is 0.223 e. The lowest BCUT2D eigenvalue weighted by Gasteiger charge is -2.35. The van der Waals surface area contributed by atoms with Crippen molar-refractivity contribution in [1.29, 1.82) is 0 Å². The van der Waals surface area contributed by atoms with Gasteiger partial charge in [0, 0.05) is 50.6 Å². The van der Waals surface area contributed by atoms with Crippen LogP contribution in [0.1, 0.15) is 24.0 Å². The summed E-state index contributed by atoms with van der Waals surface area (Å²) in [4.78, 5) is 17.8. The number of hydrogen-bond donors (Lipinski definition) is 1. The Bertz CT molecular complexity index is 1140. The number of fused-ring (bicyclic) bond motifs is 2. The van der Waals surface area contributed by atoms with Gasteiger partial charge < -0.3 is 10.2 Å². The molecule has 1 saturated carbocycles. The van der Waals surface area contributed by atoms with Gasteiger partial charge in [0.2, 0.25) is 5.91 Å². The fourth-order valence-corrected chi connectivity index (χ4v) is 6.45. The Hall–Kier alpha value is -2.44. The van der Waals surface area contributed by atoms with Crippen molar-refractivity contribution >= 4 is 33.3 Å². The number of nitrogens with one attached hydrogen (secondary N) is 1. The minimum absolute atomic E-state index is 0.145. The molecule has 0 spiro atoms. The van der Waals surface area contributed by atoms with Gasteiger partial charge in [0.1, 0.15) is 5.82 Å². The van der Waals surface area contributed by atoms with Crippen molar-refractivity contribution in [2.45, 2.75) is 25.7 Å². The van der Waals surface area contributed by atoms with Crippen LogP contribution in [0.4, 0.5) is 5.82 Å². The first-order chi connectivity index (χ1) is 16.2. The zero-order valence-electron chi connectivity index (χ0n) is 19.1. The van der Waals surface area contributed by atoms with Crippen molar-refractivity contribution < 1.29 is 4.79 Å². The van der Waals surface area contributed by atoms with Crippen LogP contribution in [0, 0.1) is 17.8 Å². The fraction of sp³-hybridized carbons (Fsp3) is 0.481. The second-order valence-electron chi connectivity index (χ2n) is 10.00. The van der Waals surface area contributed by atoms with Crippen LogP contribution >= 0.6 is 11.5 Å². The molecular weight excluding hydrogens is 428 g/mol. The van der Waals surface area contributed by atoms with E-state index in [0.29, 0.717) is 5.92 Å². The predicted molar refractivity (Wildman–Crippen MR) is 135 cm³/mol. The van der Waals surface area contributed by atoms with Crippen LogP contribution in [-0.2, 0) is 17.6 Å². The number of amides is 1. The number of anilines is 1. The van der Waals surface area contributed by atoms with E-state index in [9.17, 15) is 4.79 Å². The van der Waals surface area contributed by atoms with Gasteiger partial charge >= 0.3 is 0 Å². The molecule has 1 amide bonds. The van der Waals surface area contributed by atoms with Crippen LogP contribution in [0.5, 0.6) is 0 Å². The molecule has 0 radical (unpaired) electrons. The van der Waals surface area contributed by atoms with E-state index in [1.165, 1.54) is 34.2 Å². The number of aryl methyl sites for hydroxylation is 1. The van der Waals surface area contributed by atoms with E-state index in [1.54, 1.807) is 11.5 Å². The Kier molecular flexibility index (Phi) is 5.80. The quantitative estimate of drug-likeness (QED) is 0.605. The van der Waals surface area contributed by atoms with Gasteiger partial charge in [-0.25, -0.2) is 0 Å². The molecule has 33 heavy (non-hydrogen) atoms. The second-order valence-corrected chi connectivity index (χ2v) is 10.8. The second kappa shape index (κ2) is 9.07. The summed E-state index contributed by atoms with van der Waals surface area (Å²) in [7, 11) is 0. The molecular formula is C27H32N4OS. The summed E-state index contributed by atoms with van der Waals surface area (Å²) in [5.41, 5.74) is 2.78. The number of benzene rings is 2. The highest BCUT2D eigenvalue weighted by Gasteiger charge is 2.39. The predicted octanol–water partition coefficient (Wildman–Crippen LogP) is 3.98. The molecule has 6 rings (SSSR count). The summed E-state index contributed by atoms with van der Waals surface area (Å²) in [5, 5.41) is 4.57. The van der Waals surface area contributed by atoms with Gasteiger partial charge in [-0.05, 0) is 72.3 Å². The molecule has 3 aliphatic rings. The Balaban J connectivity index is 0.936. The number of piperazine rings is 1. The molecule has 1 unspecified atom stereocenters. The molecule has 2 aromatic carbocycles. The van der Waals surface area contributed by atoms with Crippen molar-refractivity contribution in [1.82, 2.24) is 14.6 Å². The van der Waals surface area contributed by atoms with Crippen LogP contribution in [0.3, 0.4) is 0 Å². The maximum atomic E-state index is 12.7. The number of nitrogens with zero attached hydrogens (tertiary/aromatic N) is 3. The molecule has 3 aromatic rings. The molecule has 1 aliphatic heterocycles. The summed E-state index contributed by atoms with van der Waals surface area (Å²) in [6.45, 7) is 6.32. The van der Waals surface area contributed by atoms with Crippen molar-refractivity contribution in [3.63, 3.8) is 0 Å². The zero-order chi connectivity index (χ0) is 22.2. The van der Waals surface area contributed by atoms with Gasteiger partial charge in [0.05, 0.1) is 4.70 Å². The number of rotatable bonds is 6.